The number of likely N-dealkylation sites (N-methyl/N-ethyl adjacent to an activating group) is 1. The van der Waals surface area contributed by atoms with Crippen molar-refractivity contribution >= 4 is 11.6 Å². The van der Waals surface area contributed by atoms with Gasteiger partial charge in [0.15, 0.2) is 0 Å². The van der Waals surface area contributed by atoms with E-state index >= 15 is 0 Å². The second-order valence-corrected chi connectivity index (χ2v) is 4.24. The van der Waals surface area contributed by atoms with Crippen LogP contribution in [0.5, 0.6) is 0 Å². The van der Waals surface area contributed by atoms with Crippen molar-refractivity contribution in [3.8, 4) is 0 Å². The van der Waals surface area contributed by atoms with Gasteiger partial charge in [0.2, 0.25) is 0 Å². The molecule has 0 spiro atoms. The van der Waals surface area contributed by atoms with E-state index in [4.69, 9.17) is 11.6 Å². The van der Waals surface area contributed by atoms with Crippen LogP contribution in [0.3, 0.4) is 0 Å². The SMILES string of the molecule is CCNC(Cc1c(Cl)c(C)nn1CC)C(F)F. The zero-order chi connectivity index (χ0) is 13.0. The van der Waals surface area contributed by atoms with Gasteiger partial charge in [-0.1, -0.05) is 18.5 Å². The molecular formula is C11H18ClF2N3. The lowest BCUT2D eigenvalue weighted by Gasteiger charge is -2.17. The lowest BCUT2D eigenvalue weighted by molar-refractivity contribution is 0.0981. The van der Waals surface area contributed by atoms with Crippen molar-refractivity contribution in [1.82, 2.24) is 15.1 Å². The van der Waals surface area contributed by atoms with E-state index in [-0.39, 0.29) is 6.42 Å². The number of nitrogens with zero attached hydrogens (tertiary/aromatic N) is 2. The van der Waals surface area contributed by atoms with Crippen molar-refractivity contribution < 1.29 is 8.78 Å². The summed E-state index contributed by atoms with van der Waals surface area (Å²) in [6.45, 7) is 6.63. The number of halogens is 3. The van der Waals surface area contributed by atoms with Gasteiger partial charge in [-0.25, -0.2) is 8.78 Å². The minimum atomic E-state index is -2.41. The van der Waals surface area contributed by atoms with Crippen LogP contribution in [0.2, 0.25) is 5.02 Å². The molecule has 0 bridgehead atoms. The molecule has 0 aliphatic heterocycles. The maximum absolute atomic E-state index is 12.8. The zero-order valence-electron chi connectivity index (χ0n) is 10.3. The van der Waals surface area contributed by atoms with Gasteiger partial charge in [-0.05, 0) is 20.4 Å². The zero-order valence-corrected chi connectivity index (χ0v) is 11.1. The van der Waals surface area contributed by atoms with Crippen molar-refractivity contribution in [2.75, 3.05) is 6.54 Å². The molecule has 1 aromatic rings. The van der Waals surface area contributed by atoms with E-state index in [0.717, 1.165) is 0 Å². The average molecular weight is 266 g/mol. The van der Waals surface area contributed by atoms with Gasteiger partial charge in [0, 0.05) is 13.0 Å². The molecule has 0 saturated carbocycles. The molecule has 0 fully saturated rings. The molecule has 98 valence electrons. The van der Waals surface area contributed by atoms with Crippen LogP contribution in [0.15, 0.2) is 0 Å². The Hall–Kier alpha value is -0.680. The van der Waals surface area contributed by atoms with E-state index in [1.165, 1.54) is 0 Å². The Kier molecular flexibility index (Phi) is 5.33. The predicted octanol–water partition coefficient (Wildman–Crippen LogP) is 2.65. The fourth-order valence-electron chi connectivity index (χ4n) is 1.78. The fourth-order valence-corrected chi connectivity index (χ4v) is 2.00. The molecule has 1 rings (SSSR count). The monoisotopic (exact) mass is 265 g/mol. The van der Waals surface area contributed by atoms with E-state index in [1.54, 1.807) is 18.5 Å². The third-order valence-electron chi connectivity index (χ3n) is 2.64. The Morgan fingerprint density at radius 3 is 2.53 bits per heavy atom. The lowest BCUT2D eigenvalue weighted by Crippen LogP contribution is -2.38. The highest BCUT2D eigenvalue weighted by Gasteiger charge is 2.23. The second-order valence-electron chi connectivity index (χ2n) is 3.86. The summed E-state index contributed by atoms with van der Waals surface area (Å²) in [5.41, 5.74) is 1.37. The van der Waals surface area contributed by atoms with Crippen molar-refractivity contribution in [2.45, 2.75) is 46.2 Å². The van der Waals surface area contributed by atoms with Gasteiger partial charge in [-0.3, -0.25) is 4.68 Å². The molecule has 0 saturated heterocycles. The smallest absolute Gasteiger partial charge is 0.254 e. The summed E-state index contributed by atoms with van der Waals surface area (Å²) in [6, 6.07) is -0.876. The summed E-state index contributed by atoms with van der Waals surface area (Å²) in [5.74, 6) is 0. The molecule has 1 unspecified atom stereocenters. The van der Waals surface area contributed by atoms with Crippen LogP contribution in [-0.4, -0.2) is 28.8 Å². The van der Waals surface area contributed by atoms with Gasteiger partial charge in [0.05, 0.1) is 22.5 Å². The number of rotatable bonds is 6. The van der Waals surface area contributed by atoms with Gasteiger partial charge in [-0.2, -0.15) is 5.10 Å². The summed E-state index contributed by atoms with van der Waals surface area (Å²) in [4.78, 5) is 0. The number of hydrogen-bond donors (Lipinski definition) is 1. The molecule has 1 heterocycles. The van der Waals surface area contributed by atoms with Crippen LogP contribution in [0, 0.1) is 6.92 Å². The Balaban J connectivity index is 2.91. The molecular weight excluding hydrogens is 248 g/mol. The Morgan fingerprint density at radius 1 is 1.41 bits per heavy atom. The van der Waals surface area contributed by atoms with E-state index in [9.17, 15) is 8.78 Å². The van der Waals surface area contributed by atoms with Crippen molar-refractivity contribution in [3.63, 3.8) is 0 Å². The van der Waals surface area contributed by atoms with Gasteiger partial charge in [0.1, 0.15) is 0 Å². The van der Waals surface area contributed by atoms with Gasteiger partial charge in [0.25, 0.3) is 6.43 Å². The minimum absolute atomic E-state index is 0.193. The third kappa shape index (κ3) is 3.39. The lowest BCUT2D eigenvalue weighted by atomic mass is 10.1. The predicted molar refractivity (Wildman–Crippen MR) is 64.8 cm³/mol. The van der Waals surface area contributed by atoms with Crippen LogP contribution in [0.1, 0.15) is 25.2 Å². The summed E-state index contributed by atoms with van der Waals surface area (Å²) < 4.78 is 27.3. The normalized spacial score (nSPS) is 13.4. The number of aryl methyl sites for hydroxylation is 2. The van der Waals surface area contributed by atoms with E-state index in [2.05, 4.69) is 10.4 Å². The largest absolute Gasteiger partial charge is 0.309 e. The first kappa shape index (κ1) is 14.4. The number of aromatic nitrogens is 2. The fraction of sp³-hybridized carbons (Fsp3) is 0.727. The Labute approximate surface area is 105 Å². The summed E-state index contributed by atoms with van der Waals surface area (Å²) in [5, 5.41) is 7.48. The molecule has 6 heteroatoms. The highest BCUT2D eigenvalue weighted by molar-refractivity contribution is 6.31. The highest BCUT2D eigenvalue weighted by atomic mass is 35.5. The van der Waals surface area contributed by atoms with Crippen LogP contribution in [0.25, 0.3) is 0 Å². The molecule has 1 atom stereocenters. The first-order valence-electron chi connectivity index (χ1n) is 5.74. The first-order valence-corrected chi connectivity index (χ1v) is 6.12. The van der Waals surface area contributed by atoms with Crippen LogP contribution in [-0.2, 0) is 13.0 Å². The maximum atomic E-state index is 12.8. The number of hydrogen-bond acceptors (Lipinski definition) is 2. The van der Waals surface area contributed by atoms with Crippen molar-refractivity contribution in [2.24, 2.45) is 0 Å². The summed E-state index contributed by atoms with van der Waals surface area (Å²) >= 11 is 6.09. The highest BCUT2D eigenvalue weighted by Crippen LogP contribution is 2.22. The summed E-state index contributed by atoms with van der Waals surface area (Å²) in [7, 11) is 0. The van der Waals surface area contributed by atoms with Gasteiger partial charge >= 0.3 is 0 Å². The maximum Gasteiger partial charge on any atom is 0.254 e. The van der Waals surface area contributed by atoms with Crippen LogP contribution in [0.4, 0.5) is 8.78 Å². The van der Waals surface area contributed by atoms with E-state index < -0.39 is 12.5 Å². The number of alkyl halides is 2. The molecule has 17 heavy (non-hydrogen) atoms. The van der Waals surface area contributed by atoms with Gasteiger partial charge in [-0.15, -0.1) is 0 Å². The molecule has 0 aliphatic rings. The summed E-state index contributed by atoms with van der Waals surface area (Å²) in [6.07, 6.45) is -2.22. The van der Waals surface area contributed by atoms with Crippen LogP contribution >= 0.6 is 11.6 Å². The molecule has 0 aliphatic carbocycles. The molecule has 3 nitrogen and oxygen atoms in total. The topological polar surface area (TPSA) is 29.9 Å². The molecule has 0 aromatic carbocycles. The van der Waals surface area contributed by atoms with Gasteiger partial charge < -0.3 is 5.32 Å². The van der Waals surface area contributed by atoms with Crippen molar-refractivity contribution in [3.05, 3.63) is 16.4 Å². The first-order chi connectivity index (χ1) is 8.01. The number of nitrogens with one attached hydrogen (secondary N) is 1. The quantitative estimate of drug-likeness (QED) is 0.857. The molecule has 1 N–H and O–H groups in total. The Bertz CT molecular complexity index is 366. The van der Waals surface area contributed by atoms with E-state index in [0.29, 0.717) is 29.5 Å². The molecule has 1 aromatic heterocycles. The second kappa shape index (κ2) is 6.31. The average Bonchev–Trinajstić information content (AvgIpc) is 2.55. The standard InChI is InChI=1S/C11H18ClF2N3/c1-4-15-8(11(13)14)6-9-10(12)7(3)16-17(9)5-2/h8,11,15H,4-6H2,1-3H3. The molecule has 0 amide bonds. The minimum Gasteiger partial charge on any atom is -0.309 e. The Morgan fingerprint density at radius 2 is 2.06 bits per heavy atom. The van der Waals surface area contributed by atoms with E-state index in [1.807, 2.05) is 6.92 Å². The van der Waals surface area contributed by atoms with Crippen molar-refractivity contribution in [1.29, 1.82) is 0 Å². The van der Waals surface area contributed by atoms with Crippen LogP contribution < -0.4 is 5.32 Å². The third-order valence-corrected chi connectivity index (χ3v) is 3.13. The molecule has 0 radical (unpaired) electrons.